The Morgan fingerprint density at radius 2 is 2.00 bits per heavy atom. The van der Waals surface area contributed by atoms with Crippen LogP contribution in [0.5, 0.6) is 0 Å². The molecule has 0 aromatic carbocycles. The van der Waals surface area contributed by atoms with Gasteiger partial charge in [-0.05, 0) is 0 Å². The van der Waals surface area contributed by atoms with Gasteiger partial charge in [0, 0.05) is 27.1 Å². The highest BCUT2D eigenvalue weighted by Crippen LogP contribution is 2.19. The Labute approximate surface area is 81.7 Å². The zero-order chi connectivity index (χ0) is 10.9. The number of hydrogen-bond donors (Lipinski definition) is 2. The van der Waals surface area contributed by atoms with Crippen LogP contribution in [-0.2, 0) is 4.79 Å². The number of carboxylic acids is 1. The topological polar surface area (TPSA) is 81.1 Å². The van der Waals surface area contributed by atoms with Gasteiger partial charge in [0.25, 0.3) is 0 Å². The predicted octanol–water partition coefficient (Wildman–Crippen LogP) is -0.812. The van der Waals surface area contributed by atoms with Crippen LogP contribution < -0.4 is 0 Å². The molecule has 6 nitrogen and oxygen atoms in total. The normalized spacial score (nSPS) is 26.4. The van der Waals surface area contributed by atoms with Gasteiger partial charge in [0.15, 0.2) is 0 Å². The fourth-order valence-corrected chi connectivity index (χ4v) is 1.52. The first-order valence-corrected chi connectivity index (χ1v) is 4.32. The Bertz CT molecular complexity index is 254. The number of carbonyl (C=O) groups excluding carboxylic acids is 1. The molecule has 0 saturated carbocycles. The standard InChI is InChI=1S/C8H14N2O4/c1-9(2)8(14)10-4-5(11)3-6(10)7(12)13/h5-6,11H,3-4H2,1-2H3,(H,12,13). The van der Waals surface area contributed by atoms with E-state index in [-0.39, 0.29) is 19.0 Å². The molecule has 2 amide bonds. The van der Waals surface area contributed by atoms with Gasteiger partial charge in [0.1, 0.15) is 6.04 Å². The van der Waals surface area contributed by atoms with Crippen LogP contribution in [-0.4, -0.2) is 64.8 Å². The lowest BCUT2D eigenvalue weighted by atomic mass is 10.2. The number of carbonyl (C=O) groups is 2. The van der Waals surface area contributed by atoms with Crippen molar-refractivity contribution in [3.63, 3.8) is 0 Å². The lowest BCUT2D eigenvalue weighted by Crippen LogP contribution is -2.45. The molecule has 14 heavy (non-hydrogen) atoms. The van der Waals surface area contributed by atoms with Gasteiger partial charge >= 0.3 is 12.0 Å². The maximum absolute atomic E-state index is 11.5. The van der Waals surface area contributed by atoms with E-state index < -0.39 is 18.1 Å². The van der Waals surface area contributed by atoms with E-state index in [1.165, 1.54) is 9.80 Å². The van der Waals surface area contributed by atoms with Gasteiger partial charge < -0.3 is 20.0 Å². The second kappa shape index (κ2) is 3.83. The Kier molecular flexibility index (Phi) is 2.95. The minimum atomic E-state index is -1.07. The molecule has 0 aliphatic carbocycles. The van der Waals surface area contributed by atoms with Gasteiger partial charge in [-0.3, -0.25) is 0 Å². The first kappa shape index (κ1) is 10.8. The van der Waals surface area contributed by atoms with Crippen LogP contribution in [0.4, 0.5) is 4.79 Å². The van der Waals surface area contributed by atoms with Crippen molar-refractivity contribution in [2.24, 2.45) is 0 Å². The molecule has 0 radical (unpaired) electrons. The van der Waals surface area contributed by atoms with E-state index in [4.69, 9.17) is 5.11 Å². The summed E-state index contributed by atoms with van der Waals surface area (Å²) in [5.74, 6) is -1.07. The fourth-order valence-electron chi connectivity index (χ4n) is 1.52. The van der Waals surface area contributed by atoms with Gasteiger partial charge in [0.05, 0.1) is 6.10 Å². The molecule has 80 valence electrons. The molecule has 2 unspecified atom stereocenters. The van der Waals surface area contributed by atoms with Crippen LogP contribution >= 0.6 is 0 Å². The van der Waals surface area contributed by atoms with Crippen LogP contribution in [0, 0.1) is 0 Å². The second-order valence-corrected chi connectivity index (χ2v) is 3.57. The monoisotopic (exact) mass is 202 g/mol. The Morgan fingerprint density at radius 3 is 2.43 bits per heavy atom. The predicted molar refractivity (Wildman–Crippen MR) is 47.8 cm³/mol. The van der Waals surface area contributed by atoms with Gasteiger partial charge in [-0.2, -0.15) is 0 Å². The number of β-amino-alcohol motifs (C(OH)–C–C–N with tert-alkyl or cyclic N) is 1. The molecule has 1 rings (SSSR count). The lowest BCUT2D eigenvalue weighted by molar-refractivity contribution is -0.141. The zero-order valence-electron chi connectivity index (χ0n) is 8.17. The summed E-state index contributed by atoms with van der Waals surface area (Å²) in [7, 11) is 3.10. The molecule has 0 aromatic rings. The highest BCUT2D eigenvalue weighted by Gasteiger charge is 2.39. The molecule has 1 aliphatic rings. The summed E-state index contributed by atoms with van der Waals surface area (Å²) in [5.41, 5.74) is 0. The summed E-state index contributed by atoms with van der Waals surface area (Å²) in [5, 5.41) is 18.1. The molecule has 1 saturated heterocycles. The number of likely N-dealkylation sites (tertiary alicyclic amines) is 1. The summed E-state index contributed by atoms with van der Waals surface area (Å²) in [6, 6.07) is -1.28. The summed E-state index contributed by atoms with van der Waals surface area (Å²) in [6.45, 7) is 0.0913. The minimum absolute atomic E-state index is 0.0913. The van der Waals surface area contributed by atoms with Gasteiger partial charge in [-0.25, -0.2) is 9.59 Å². The number of urea groups is 1. The molecule has 1 fully saturated rings. The Morgan fingerprint density at radius 1 is 1.43 bits per heavy atom. The third kappa shape index (κ3) is 1.95. The van der Waals surface area contributed by atoms with Crippen molar-refractivity contribution in [1.82, 2.24) is 9.80 Å². The molecular weight excluding hydrogens is 188 g/mol. The van der Waals surface area contributed by atoms with Crippen LogP contribution in [0.1, 0.15) is 6.42 Å². The number of aliphatic carboxylic acids is 1. The molecule has 0 spiro atoms. The van der Waals surface area contributed by atoms with E-state index in [0.29, 0.717) is 0 Å². The van der Waals surface area contributed by atoms with Crippen LogP contribution in [0.25, 0.3) is 0 Å². The Hall–Kier alpha value is -1.30. The quantitative estimate of drug-likeness (QED) is 0.582. The van der Waals surface area contributed by atoms with E-state index in [1.807, 2.05) is 0 Å². The van der Waals surface area contributed by atoms with Gasteiger partial charge in [-0.15, -0.1) is 0 Å². The maximum Gasteiger partial charge on any atom is 0.326 e. The molecule has 2 N–H and O–H groups in total. The number of hydrogen-bond acceptors (Lipinski definition) is 3. The number of aliphatic hydroxyl groups is 1. The first-order chi connectivity index (χ1) is 6.43. The van der Waals surface area contributed by atoms with E-state index >= 15 is 0 Å². The van der Waals surface area contributed by atoms with Crippen LogP contribution in [0.15, 0.2) is 0 Å². The fraction of sp³-hybridized carbons (Fsp3) is 0.750. The van der Waals surface area contributed by atoms with E-state index in [0.717, 1.165) is 0 Å². The first-order valence-electron chi connectivity index (χ1n) is 4.32. The lowest BCUT2D eigenvalue weighted by Gasteiger charge is -2.24. The molecule has 1 heterocycles. The van der Waals surface area contributed by atoms with Crippen molar-refractivity contribution in [2.75, 3.05) is 20.6 Å². The van der Waals surface area contributed by atoms with Gasteiger partial charge in [-0.1, -0.05) is 0 Å². The van der Waals surface area contributed by atoms with Crippen molar-refractivity contribution < 1.29 is 19.8 Å². The third-order valence-electron chi connectivity index (χ3n) is 2.19. The number of rotatable bonds is 1. The zero-order valence-corrected chi connectivity index (χ0v) is 8.17. The number of carboxylic acid groups (broad SMARTS) is 1. The number of aliphatic hydroxyl groups excluding tert-OH is 1. The van der Waals surface area contributed by atoms with Crippen LogP contribution in [0.3, 0.4) is 0 Å². The minimum Gasteiger partial charge on any atom is -0.480 e. The maximum atomic E-state index is 11.5. The average molecular weight is 202 g/mol. The highest BCUT2D eigenvalue weighted by atomic mass is 16.4. The largest absolute Gasteiger partial charge is 0.480 e. The second-order valence-electron chi connectivity index (χ2n) is 3.57. The average Bonchev–Trinajstić information content (AvgIpc) is 2.45. The van der Waals surface area contributed by atoms with Crippen molar-refractivity contribution >= 4 is 12.0 Å². The summed E-state index contributed by atoms with van der Waals surface area (Å²) >= 11 is 0. The van der Waals surface area contributed by atoms with E-state index in [2.05, 4.69) is 0 Å². The molecular formula is C8H14N2O4. The summed E-state index contributed by atoms with van der Waals surface area (Å²) in [4.78, 5) is 24.7. The molecule has 1 aliphatic heterocycles. The summed E-state index contributed by atoms with van der Waals surface area (Å²) < 4.78 is 0. The number of amides is 2. The van der Waals surface area contributed by atoms with Crippen molar-refractivity contribution in [2.45, 2.75) is 18.6 Å². The SMILES string of the molecule is CN(C)C(=O)N1CC(O)CC1C(=O)O. The highest BCUT2D eigenvalue weighted by molar-refractivity contribution is 5.83. The molecule has 0 aromatic heterocycles. The molecule has 0 bridgehead atoms. The van der Waals surface area contributed by atoms with E-state index in [9.17, 15) is 14.7 Å². The van der Waals surface area contributed by atoms with Crippen LogP contribution in [0.2, 0.25) is 0 Å². The molecule has 2 atom stereocenters. The smallest absolute Gasteiger partial charge is 0.326 e. The summed E-state index contributed by atoms with van der Waals surface area (Å²) in [6.07, 6.45) is -0.630. The Balaban J connectivity index is 2.76. The molecule has 6 heteroatoms. The van der Waals surface area contributed by atoms with E-state index in [1.54, 1.807) is 14.1 Å². The number of nitrogens with zero attached hydrogens (tertiary/aromatic N) is 2. The van der Waals surface area contributed by atoms with Crippen molar-refractivity contribution in [3.8, 4) is 0 Å². The van der Waals surface area contributed by atoms with Gasteiger partial charge in [0.2, 0.25) is 0 Å². The van der Waals surface area contributed by atoms with Crippen molar-refractivity contribution in [3.05, 3.63) is 0 Å². The van der Waals surface area contributed by atoms with Crippen molar-refractivity contribution in [1.29, 1.82) is 0 Å². The third-order valence-corrected chi connectivity index (χ3v) is 2.19.